The molecule has 0 amide bonds. The second-order valence-corrected chi connectivity index (χ2v) is 8.57. The number of fused-ring (bicyclic) bond motifs is 2. The van der Waals surface area contributed by atoms with E-state index in [0.29, 0.717) is 0 Å². The Hall–Kier alpha value is -2.81. The third-order valence-electron chi connectivity index (χ3n) is 4.93. The van der Waals surface area contributed by atoms with Gasteiger partial charge in [0, 0.05) is 0 Å². The van der Waals surface area contributed by atoms with Crippen LogP contribution in [-0.2, 0) is 25.8 Å². The van der Waals surface area contributed by atoms with Crippen LogP contribution in [0.25, 0.3) is 21.5 Å². The second kappa shape index (κ2) is 15.9. The summed E-state index contributed by atoms with van der Waals surface area (Å²) in [6.07, 6.45) is 0. The van der Waals surface area contributed by atoms with Gasteiger partial charge in [0.1, 0.15) is 9.52 Å². The van der Waals surface area contributed by atoms with Gasteiger partial charge in [0.15, 0.2) is 0 Å². The molecule has 6 rings (SSSR count). The van der Waals surface area contributed by atoms with Crippen LogP contribution < -0.4 is 10.4 Å². The van der Waals surface area contributed by atoms with Gasteiger partial charge in [-0.2, -0.15) is 35.0 Å². The van der Waals surface area contributed by atoms with Crippen LogP contribution >= 0.6 is 0 Å². The summed E-state index contributed by atoms with van der Waals surface area (Å²) in [6, 6.07) is 50.5. The Morgan fingerprint density at radius 2 is 0.765 bits per heavy atom. The molecule has 166 valence electrons. The molecule has 2 heteroatoms. The maximum atomic E-state index is 2.17. The molecule has 6 aromatic carbocycles. The summed E-state index contributed by atoms with van der Waals surface area (Å²) in [7, 11) is 0.777. The predicted molar refractivity (Wildman–Crippen MR) is 150 cm³/mol. The van der Waals surface area contributed by atoms with E-state index in [1.54, 1.807) is 0 Å². The molecule has 0 nitrogen and oxygen atoms in total. The fourth-order valence-corrected chi connectivity index (χ4v) is 4.40. The van der Waals surface area contributed by atoms with Crippen LogP contribution in [0.1, 0.15) is 0 Å². The number of benzene rings is 4. The largest absolute Gasteiger partial charge is 4.00 e. The minimum atomic E-state index is 0. The van der Waals surface area contributed by atoms with Crippen molar-refractivity contribution in [1.82, 2.24) is 0 Å². The molecule has 0 spiro atoms. The topological polar surface area (TPSA) is 0 Å². The molecule has 34 heavy (non-hydrogen) atoms. The van der Waals surface area contributed by atoms with Crippen LogP contribution in [0.4, 0.5) is 0 Å². The first kappa shape index (κ1) is 29.2. The Morgan fingerprint density at radius 1 is 0.412 bits per heavy atom. The van der Waals surface area contributed by atoms with Crippen molar-refractivity contribution in [2.24, 2.45) is 0 Å². The van der Waals surface area contributed by atoms with Gasteiger partial charge in [-0.1, -0.05) is 83.2 Å². The zero-order chi connectivity index (χ0) is 21.1. The summed E-state index contributed by atoms with van der Waals surface area (Å²) in [5, 5.41) is 8.12. The Labute approximate surface area is 226 Å². The zero-order valence-corrected chi connectivity index (χ0v) is 24.4. The second-order valence-electron chi connectivity index (χ2n) is 7.17. The molecule has 0 aromatic heterocycles. The van der Waals surface area contributed by atoms with Gasteiger partial charge >= 0.3 is 25.8 Å². The normalized spacial score (nSPS) is 9.18. The molecule has 0 fully saturated rings. The van der Waals surface area contributed by atoms with Crippen LogP contribution in [0.2, 0.25) is 0 Å². The zero-order valence-electron chi connectivity index (χ0n) is 19.9. The van der Waals surface area contributed by atoms with Crippen LogP contribution in [0.15, 0.2) is 146 Å². The average Bonchev–Trinajstić information content (AvgIpc) is 3.51. The van der Waals surface area contributed by atoms with Gasteiger partial charge in [0.2, 0.25) is 0 Å². The third-order valence-corrected chi connectivity index (χ3v) is 6.18. The minimum absolute atomic E-state index is 0. The fraction of sp³-hybridized carbons (Fsp3) is 0. The maximum Gasteiger partial charge on any atom is 4.00 e. The van der Waals surface area contributed by atoms with Gasteiger partial charge in [0.05, 0.1) is 0 Å². The molecule has 0 saturated heterocycles. The van der Waals surface area contributed by atoms with Crippen molar-refractivity contribution in [1.29, 1.82) is 0 Å². The molecule has 6 aromatic rings. The fourth-order valence-electron chi connectivity index (χ4n) is 3.35. The smallest absolute Gasteiger partial charge is 0.358 e. The van der Waals surface area contributed by atoms with Gasteiger partial charge in [-0.3, -0.25) is 0 Å². The third kappa shape index (κ3) is 8.85. The first-order chi connectivity index (χ1) is 15.4. The Kier molecular flexibility index (Phi) is 13.7. The molecule has 0 saturated carbocycles. The van der Waals surface area contributed by atoms with E-state index in [0.717, 1.165) is 9.52 Å². The van der Waals surface area contributed by atoms with Crippen molar-refractivity contribution in [3.63, 3.8) is 0 Å². The summed E-state index contributed by atoms with van der Waals surface area (Å²) in [5.41, 5.74) is 0. The molecule has 2 radical (unpaired) electrons. The van der Waals surface area contributed by atoms with Crippen molar-refractivity contribution in [3.8, 4) is 0 Å². The monoisotopic (exact) mass is 622 g/mol. The molecule has 0 heterocycles. The van der Waals surface area contributed by atoms with Crippen molar-refractivity contribution in [3.05, 3.63) is 160 Å². The molecular weight excluding hydrogens is 591 g/mol. The summed E-state index contributed by atoms with van der Waals surface area (Å²) < 4.78 is 0. The van der Waals surface area contributed by atoms with Crippen LogP contribution in [0, 0.1) is 14.9 Å². The van der Waals surface area contributed by atoms with E-state index in [1.165, 1.54) is 31.9 Å². The molecule has 0 aliphatic carbocycles. The maximum absolute atomic E-state index is 2.17. The number of hydrogen-bond donors (Lipinski definition) is 0. The van der Waals surface area contributed by atoms with Gasteiger partial charge in [0.25, 0.3) is 0 Å². The summed E-state index contributed by atoms with van der Waals surface area (Å²) in [4.78, 5) is 0. The summed E-state index contributed by atoms with van der Waals surface area (Å²) >= 11 is 0. The molecule has 0 bridgehead atoms. The van der Waals surface area contributed by atoms with Gasteiger partial charge in [-0.05, 0) is 0 Å². The first-order valence-electron chi connectivity index (χ1n) is 10.5. The summed E-state index contributed by atoms with van der Waals surface area (Å²) in [5.74, 6) is 0. The SMILES string of the molecule is [CH3-].[CH3-].[Hf+4].c1ccc([Si]c2ccccc2)cc1.c1ccc2[cH-]ccc2c1.c1ccc2[cH-]ccc2c1. The van der Waals surface area contributed by atoms with E-state index in [2.05, 4.69) is 146 Å². The molecule has 0 N–H and O–H groups in total. The number of rotatable bonds is 2. The van der Waals surface area contributed by atoms with E-state index in [4.69, 9.17) is 0 Å². The van der Waals surface area contributed by atoms with Gasteiger partial charge in [-0.25, -0.2) is 0 Å². The minimum Gasteiger partial charge on any atom is -0.358 e. The Morgan fingerprint density at radius 3 is 1.15 bits per heavy atom. The Balaban J connectivity index is 0.000000249. The van der Waals surface area contributed by atoms with Gasteiger partial charge in [-0.15, -0.1) is 59.3 Å². The van der Waals surface area contributed by atoms with Crippen LogP contribution in [-0.4, -0.2) is 9.52 Å². The number of hydrogen-bond acceptors (Lipinski definition) is 0. The predicted octanol–water partition coefficient (Wildman–Crippen LogP) is 7.36. The van der Waals surface area contributed by atoms with Crippen molar-refractivity contribution < 1.29 is 25.8 Å². The Bertz CT molecular complexity index is 1140. The van der Waals surface area contributed by atoms with E-state index in [9.17, 15) is 0 Å². The van der Waals surface area contributed by atoms with E-state index >= 15 is 0 Å². The molecule has 0 atom stereocenters. The summed E-state index contributed by atoms with van der Waals surface area (Å²) in [6.45, 7) is 0. The van der Waals surface area contributed by atoms with Crippen LogP contribution in [0.3, 0.4) is 0 Å². The first-order valence-corrected chi connectivity index (χ1v) is 11.5. The standard InChI is InChI=1S/C12H10Si.2C9H7.2CH3.Hf/c1-3-7-11(8-4-1)13-12-9-5-2-6-10-12;2*1-2-5-9-7-3-6-8(9)4-1;;;/h1-10H;2*1-7H;2*1H3;/q;4*-1;+4. The quantitative estimate of drug-likeness (QED) is 0.140. The average molecular weight is 621 g/mol. The van der Waals surface area contributed by atoms with Crippen molar-refractivity contribution in [2.45, 2.75) is 0 Å². The molecular formula is C32H30HfSi. The van der Waals surface area contributed by atoms with Crippen LogP contribution in [0.5, 0.6) is 0 Å². The van der Waals surface area contributed by atoms with E-state index < -0.39 is 0 Å². The molecule has 0 aliphatic heterocycles. The van der Waals surface area contributed by atoms with Gasteiger partial charge < -0.3 is 14.9 Å². The molecule has 0 aliphatic rings. The van der Waals surface area contributed by atoms with Crippen molar-refractivity contribution >= 4 is 41.4 Å². The molecule has 0 unspecified atom stereocenters. The van der Waals surface area contributed by atoms with E-state index in [1.807, 2.05) is 0 Å². The van der Waals surface area contributed by atoms with E-state index in [-0.39, 0.29) is 40.7 Å². The van der Waals surface area contributed by atoms with Crippen molar-refractivity contribution in [2.75, 3.05) is 0 Å².